The Morgan fingerprint density at radius 3 is 2.21 bits per heavy atom. The van der Waals surface area contributed by atoms with E-state index in [2.05, 4.69) is 6.58 Å². The Hall–Kier alpha value is -1.62. The number of carbonyl (C=O) groups excluding carboxylic acids is 1. The lowest BCUT2D eigenvalue weighted by Gasteiger charge is -2.20. The zero-order chi connectivity index (χ0) is 14.7. The van der Waals surface area contributed by atoms with E-state index < -0.39 is 27.2 Å². The molecule has 0 aliphatic heterocycles. The highest BCUT2D eigenvalue weighted by Crippen LogP contribution is 2.16. The van der Waals surface area contributed by atoms with E-state index >= 15 is 0 Å². The minimum atomic E-state index is -3.56. The van der Waals surface area contributed by atoms with Gasteiger partial charge in [-0.1, -0.05) is 24.8 Å². The maximum absolute atomic E-state index is 12.0. The topological polar surface area (TPSA) is 60.4 Å². The second-order valence-corrected chi connectivity index (χ2v) is 7.17. The third-order valence-electron chi connectivity index (χ3n) is 2.15. The Balaban J connectivity index is 2.80. The molecule has 0 amide bonds. The Morgan fingerprint density at radius 1 is 1.21 bits per heavy atom. The molecular weight excluding hydrogens is 264 g/mol. The van der Waals surface area contributed by atoms with Crippen molar-refractivity contribution in [2.75, 3.05) is 5.75 Å². The average molecular weight is 282 g/mol. The molecule has 0 aliphatic carbocycles. The van der Waals surface area contributed by atoms with Crippen LogP contribution in [0.15, 0.2) is 47.4 Å². The molecule has 19 heavy (non-hydrogen) atoms. The molecule has 5 heteroatoms. The number of hydrogen-bond donors (Lipinski definition) is 0. The lowest BCUT2D eigenvalue weighted by molar-refractivity contribution is -0.149. The minimum absolute atomic E-state index is 0.0706. The van der Waals surface area contributed by atoms with Gasteiger partial charge in [-0.3, -0.25) is 0 Å². The van der Waals surface area contributed by atoms with E-state index in [1.807, 2.05) is 0 Å². The van der Waals surface area contributed by atoms with Gasteiger partial charge in [-0.15, -0.1) is 0 Å². The maximum Gasteiger partial charge on any atom is 0.334 e. The van der Waals surface area contributed by atoms with E-state index in [9.17, 15) is 13.2 Å². The van der Waals surface area contributed by atoms with Crippen molar-refractivity contribution in [1.29, 1.82) is 0 Å². The Morgan fingerprint density at radius 2 is 1.74 bits per heavy atom. The first-order valence-corrected chi connectivity index (χ1v) is 7.46. The molecule has 0 bridgehead atoms. The average Bonchev–Trinajstić information content (AvgIpc) is 2.27. The van der Waals surface area contributed by atoms with Crippen LogP contribution in [0.2, 0.25) is 0 Å². The summed E-state index contributed by atoms with van der Waals surface area (Å²) in [5, 5.41) is 0. The molecule has 0 saturated carbocycles. The quantitative estimate of drug-likeness (QED) is 0.628. The van der Waals surface area contributed by atoms with E-state index in [0.717, 1.165) is 0 Å². The van der Waals surface area contributed by atoms with Gasteiger partial charge in [-0.25, -0.2) is 13.2 Å². The summed E-state index contributed by atoms with van der Waals surface area (Å²) in [5.74, 6) is -1.13. The third-order valence-corrected chi connectivity index (χ3v) is 3.87. The van der Waals surface area contributed by atoms with E-state index in [1.54, 1.807) is 39.0 Å². The Bertz CT molecular complexity index is 565. The number of sulfone groups is 1. The molecule has 0 aromatic heterocycles. The van der Waals surface area contributed by atoms with Crippen LogP contribution < -0.4 is 0 Å². The second-order valence-electron chi connectivity index (χ2n) is 5.18. The van der Waals surface area contributed by atoms with E-state index in [-0.39, 0.29) is 10.5 Å². The standard InChI is InChI=1S/C14H18O4S/c1-11(13(15)18-14(2,3)4)10-19(16,17)12-8-6-5-7-9-12/h5-9H,1,10H2,2-4H3. The van der Waals surface area contributed by atoms with Crippen LogP contribution in [0, 0.1) is 0 Å². The molecule has 0 saturated heterocycles. The van der Waals surface area contributed by atoms with Gasteiger partial charge in [-0.2, -0.15) is 0 Å². The summed E-state index contributed by atoms with van der Waals surface area (Å²) >= 11 is 0. The van der Waals surface area contributed by atoms with Crippen molar-refractivity contribution < 1.29 is 17.9 Å². The zero-order valence-corrected chi connectivity index (χ0v) is 12.2. The first kappa shape index (κ1) is 15.4. The predicted octanol–water partition coefficient (Wildman–Crippen LogP) is 2.36. The van der Waals surface area contributed by atoms with Gasteiger partial charge in [-0.05, 0) is 32.9 Å². The summed E-state index contributed by atoms with van der Waals surface area (Å²) in [4.78, 5) is 11.8. The van der Waals surface area contributed by atoms with Gasteiger partial charge in [0.2, 0.25) is 0 Å². The molecule has 1 aromatic rings. The molecule has 0 atom stereocenters. The molecule has 1 aromatic carbocycles. The summed E-state index contributed by atoms with van der Waals surface area (Å²) < 4.78 is 29.2. The summed E-state index contributed by atoms with van der Waals surface area (Å²) in [6.07, 6.45) is 0. The van der Waals surface area contributed by atoms with Crippen LogP contribution >= 0.6 is 0 Å². The van der Waals surface area contributed by atoms with Gasteiger partial charge in [0.1, 0.15) is 5.60 Å². The van der Waals surface area contributed by atoms with Crippen molar-refractivity contribution in [2.45, 2.75) is 31.3 Å². The molecule has 4 nitrogen and oxygen atoms in total. The van der Waals surface area contributed by atoms with Crippen LogP contribution in [0.1, 0.15) is 20.8 Å². The highest BCUT2D eigenvalue weighted by Gasteiger charge is 2.23. The molecule has 1 rings (SSSR count). The van der Waals surface area contributed by atoms with Gasteiger partial charge >= 0.3 is 5.97 Å². The van der Waals surface area contributed by atoms with Gasteiger partial charge in [0.15, 0.2) is 9.84 Å². The van der Waals surface area contributed by atoms with E-state index in [4.69, 9.17) is 4.74 Å². The lowest BCUT2D eigenvalue weighted by Crippen LogP contribution is -2.26. The minimum Gasteiger partial charge on any atom is -0.457 e. The van der Waals surface area contributed by atoms with Gasteiger partial charge < -0.3 is 4.74 Å². The number of rotatable bonds is 4. The van der Waals surface area contributed by atoms with Crippen molar-refractivity contribution in [3.05, 3.63) is 42.5 Å². The maximum atomic E-state index is 12.0. The summed E-state index contributed by atoms with van der Waals surface area (Å²) in [6.45, 7) is 8.63. The van der Waals surface area contributed by atoms with Crippen molar-refractivity contribution in [3.63, 3.8) is 0 Å². The van der Waals surface area contributed by atoms with E-state index in [0.29, 0.717) is 0 Å². The van der Waals surface area contributed by atoms with Crippen LogP contribution in [-0.2, 0) is 19.4 Å². The lowest BCUT2D eigenvalue weighted by atomic mass is 10.2. The number of esters is 1. The van der Waals surface area contributed by atoms with Crippen LogP contribution in [0.3, 0.4) is 0 Å². The SMILES string of the molecule is C=C(CS(=O)(=O)c1ccccc1)C(=O)OC(C)(C)C. The highest BCUT2D eigenvalue weighted by atomic mass is 32.2. The third kappa shape index (κ3) is 4.87. The monoisotopic (exact) mass is 282 g/mol. The number of hydrogen-bond acceptors (Lipinski definition) is 4. The van der Waals surface area contributed by atoms with Gasteiger partial charge in [0.05, 0.1) is 10.6 Å². The largest absolute Gasteiger partial charge is 0.457 e. The zero-order valence-electron chi connectivity index (χ0n) is 11.3. The molecule has 0 radical (unpaired) electrons. The van der Waals surface area contributed by atoms with Crippen molar-refractivity contribution in [1.82, 2.24) is 0 Å². The predicted molar refractivity (Wildman–Crippen MR) is 73.5 cm³/mol. The second kappa shape index (κ2) is 5.57. The Labute approximate surface area is 114 Å². The molecule has 0 spiro atoms. The molecule has 0 aliphatic rings. The molecule has 0 unspecified atom stereocenters. The number of benzene rings is 1. The first-order valence-electron chi connectivity index (χ1n) is 5.81. The number of ether oxygens (including phenoxy) is 1. The van der Waals surface area contributed by atoms with Crippen LogP contribution in [0.4, 0.5) is 0 Å². The Kier molecular flexibility index (Phi) is 4.52. The van der Waals surface area contributed by atoms with Crippen molar-refractivity contribution in [3.8, 4) is 0 Å². The van der Waals surface area contributed by atoms with Gasteiger partial charge in [0, 0.05) is 5.57 Å². The molecule has 0 fully saturated rings. The van der Waals surface area contributed by atoms with Crippen LogP contribution in [-0.4, -0.2) is 25.7 Å². The molecular formula is C14H18O4S. The molecule has 104 valence electrons. The normalized spacial score (nSPS) is 11.9. The van der Waals surface area contributed by atoms with Crippen LogP contribution in [0.25, 0.3) is 0 Å². The van der Waals surface area contributed by atoms with Crippen LogP contribution in [0.5, 0.6) is 0 Å². The fourth-order valence-electron chi connectivity index (χ4n) is 1.35. The van der Waals surface area contributed by atoms with Gasteiger partial charge in [0.25, 0.3) is 0 Å². The summed E-state index contributed by atoms with van der Waals surface area (Å²) in [7, 11) is -3.56. The van der Waals surface area contributed by atoms with Crippen molar-refractivity contribution in [2.24, 2.45) is 0 Å². The molecule has 0 N–H and O–H groups in total. The first-order chi connectivity index (χ1) is 8.62. The highest BCUT2D eigenvalue weighted by molar-refractivity contribution is 7.91. The van der Waals surface area contributed by atoms with Crippen molar-refractivity contribution >= 4 is 15.8 Å². The summed E-state index contributed by atoms with van der Waals surface area (Å²) in [5.41, 5.74) is -0.741. The number of carbonyl (C=O) groups is 1. The molecule has 0 heterocycles. The fourth-order valence-corrected chi connectivity index (χ4v) is 2.66. The van der Waals surface area contributed by atoms with E-state index in [1.165, 1.54) is 12.1 Å². The fraction of sp³-hybridized carbons (Fsp3) is 0.357. The summed E-state index contributed by atoms with van der Waals surface area (Å²) in [6, 6.07) is 7.95. The smallest absolute Gasteiger partial charge is 0.334 e.